The lowest BCUT2D eigenvalue weighted by Gasteiger charge is -2.05. The monoisotopic (exact) mass is 457 g/mol. The van der Waals surface area contributed by atoms with Gasteiger partial charge in [0.05, 0.1) is 9.82 Å². The highest BCUT2D eigenvalue weighted by Gasteiger charge is 2.18. The van der Waals surface area contributed by atoms with Gasteiger partial charge in [0.2, 0.25) is 0 Å². The molecule has 1 heterocycles. The average Bonchev–Trinajstić information content (AvgIpc) is 3.11. The SMILES string of the molecule is Cc1nnc(Sc2ccc(/C=C(\C#N)C(=O)Nc3cccc(Cl)c3)cc2[N+](=O)[O-])s1. The number of nitrogens with zero attached hydrogens (tertiary/aromatic N) is 4. The quantitative estimate of drug-likeness (QED) is 0.236. The Kier molecular flexibility index (Phi) is 6.79. The van der Waals surface area contributed by atoms with Gasteiger partial charge >= 0.3 is 0 Å². The fourth-order valence-electron chi connectivity index (χ4n) is 2.35. The summed E-state index contributed by atoms with van der Waals surface area (Å²) in [7, 11) is 0. The standard InChI is InChI=1S/C19H12ClN5O3S2/c1-11-23-24-19(29-11)30-17-6-5-12(8-16(17)25(27)28)7-13(10-21)18(26)22-15-4-2-3-14(20)9-15/h2-9H,1H3,(H,22,26)/b13-7+. The average molecular weight is 458 g/mol. The zero-order chi connectivity index (χ0) is 21.7. The Hall–Kier alpha value is -3.26. The Labute approximate surface area is 184 Å². The van der Waals surface area contributed by atoms with Crippen molar-refractivity contribution >= 4 is 58.1 Å². The van der Waals surface area contributed by atoms with Crippen molar-refractivity contribution in [1.82, 2.24) is 10.2 Å². The summed E-state index contributed by atoms with van der Waals surface area (Å²) in [4.78, 5) is 23.8. The Morgan fingerprint density at radius 1 is 1.33 bits per heavy atom. The van der Waals surface area contributed by atoms with Gasteiger partial charge in [-0.25, -0.2) is 0 Å². The molecule has 1 aromatic heterocycles. The lowest BCUT2D eigenvalue weighted by atomic mass is 10.1. The van der Waals surface area contributed by atoms with Gasteiger partial charge in [-0.3, -0.25) is 14.9 Å². The number of benzene rings is 2. The summed E-state index contributed by atoms with van der Waals surface area (Å²) >= 11 is 8.35. The molecule has 3 aromatic rings. The van der Waals surface area contributed by atoms with Gasteiger partial charge in [-0.15, -0.1) is 10.2 Å². The van der Waals surface area contributed by atoms with Gasteiger partial charge in [-0.1, -0.05) is 46.8 Å². The molecule has 3 rings (SSSR count). The summed E-state index contributed by atoms with van der Waals surface area (Å²) in [5.41, 5.74) is 0.412. The van der Waals surface area contributed by atoms with Crippen molar-refractivity contribution in [3.05, 3.63) is 73.7 Å². The fourth-order valence-corrected chi connectivity index (χ4v) is 4.39. The van der Waals surface area contributed by atoms with Crippen molar-refractivity contribution in [2.75, 3.05) is 5.32 Å². The molecule has 0 saturated heterocycles. The number of anilines is 1. The zero-order valence-electron chi connectivity index (χ0n) is 15.3. The van der Waals surface area contributed by atoms with E-state index in [-0.39, 0.29) is 11.3 Å². The molecule has 0 spiro atoms. The summed E-state index contributed by atoms with van der Waals surface area (Å²) in [6.45, 7) is 1.79. The number of rotatable bonds is 6. The van der Waals surface area contributed by atoms with E-state index in [9.17, 15) is 20.2 Å². The highest BCUT2D eigenvalue weighted by atomic mass is 35.5. The van der Waals surface area contributed by atoms with Crippen LogP contribution >= 0.6 is 34.7 Å². The highest BCUT2D eigenvalue weighted by molar-refractivity contribution is 8.01. The number of amides is 1. The molecule has 2 aromatic carbocycles. The van der Waals surface area contributed by atoms with Crippen LogP contribution in [0.2, 0.25) is 5.02 Å². The first-order chi connectivity index (χ1) is 14.4. The van der Waals surface area contributed by atoms with Crippen LogP contribution in [0.1, 0.15) is 10.6 Å². The Balaban J connectivity index is 1.86. The maximum absolute atomic E-state index is 12.4. The van der Waals surface area contributed by atoms with E-state index in [2.05, 4.69) is 15.5 Å². The molecule has 0 aliphatic rings. The molecular weight excluding hydrogens is 446 g/mol. The predicted molar refractivity (Wildman–Crippen MR) is 116 cm³/mol. The van der Waals surface area contributed by atoms with Gasteiger partial charge in [-0.05, 0) is 42.8 Å². The number of aromatic nitrogens is 2. The topological polar surface area (TPSA) is 122 Å². The van der Waals surface area contributed by atoms with Gasteiger partial charge in [0.15, 0.2) is 4.34 Å². The number of nitro benzene ring substituents is 1. The number of nitrogens with one attached hydrogen (secondary N) is 1. The predicted octanol–water partition coefficient (Wildman–Crippen LogP) is 5.11. The van der Waals surface area contributed by atoms with Crippen molar-refractivity contribution in [1.29, 1.82) is 5.26 Å². The molecule has 11 heteroatoms. The molecule has 1 N–H and O–H groups in total. The maximum Gasteiger partial charge on any atom is 0.283 e. The number of hydrogen-bond donors (Lipinski definition) is 1. The van der Waals surface area contributed by atoms with Gasteiger partial charge in [-0.2, -0.15) is 5.26 Å². The molecule has 30 heavy (non-hydrogen) atoms. The first kappa shape index (κ1) is 21.4. The van der Waals surface area contributed by atoms with Crippen LogP contribution in [0.3, 0.4) is 0 Å². The van der Waals surface area contributed by atoms with Crippen molar-refractivity contribution in [2.45, 2.75) is 16.2 Å². The van der Waals surface area contributed by atoms with E-state index in [1.54, 1.807) is 43.3 Å². The maximum atomic E-state index is 12.4. The van der Waals surface area contributed by atoms with Crippen LogP contribution in [0.4, 0.5) is 11.4 Å². The van der Waals surface area contributed by atoms with Crippen LogP contribution in [-0.2, 0) is 4.79 Å². The number of aryl methyl sites for hydroxylation is 1. The van der Waals surface area contributed by atoms with Crippen molar-refractivity contribution in [2.24, 2.45) is 0 Å². The minimum absolute atomic E-state index is 0.158. The number of nitro groups is 1. The number of carbonyl (C=O) groups is 1. The normalized spacial score (nSPS) is 11.0. The van der Waals surface area contributed by atoms with E-state index in [4.69, 9.17) is 11.6 Å². The Morgan fingerprint density at radius 3 is 2.77 bits per heavy atom. The molecule has 0 aliphatic carbocycles. The second-order valence-corrected chi connectivity index (χ2v) is 8.71. The summed E-state index contributed by atoms with van der Waals surface area (Å²) in [5, 5.41) is 32.5. The Bertz CT molecular complexity index is 1200. The van der Waals surface area contributed by atoms with E-state index in [0.29, 0.717) is 25.5 Å². The van der Waals surface area contributed by atoms with Crippen molar-refractivity contribution < 1.29 is 9.72 Å². The van der Waals surface area contributed by atoms with Crippen LogP contribution in [0.25, 0.3) is 6.08 Å². The molecule has 0 radical (unpaired) electrons. The summed E-state index contributed by atoms with van der Waals surface area (Å²) in [6, 6.07) is 12.7. The molecule has 0 aliphatic heterocycles. The third kappa shape index (κ3) is 5.42. The van der Waals surface area contributed by atoms with Gasteiger partial charge in [0.1, 0.15) is 16.6 Å². The van der Waals surface area contributed by atoms with Crippen LogP contribution in [-0.4, -0.2) is 21.0 Å². The number of halogens is 1. The van der Waals surface area contributed by atoms with Crippen LogP contribution in [0.5, 0.6) is 0 Å². The summed E-state index contributed by atoms with van der Waals surface area (Å²) in [5.74, 6) is -0.648. The molecule has 0 atom stereocenters. The van der Waals surface area contributed by atoms with Gasteiger partial charge in [0.25, 0.3) is 11.6 Å². The first-order valence-corrected chi connectivity index (χ1v) is 10.3. The molecule has 1 amide bonds. The molecule has 0 fully saturated rings. The lowest BCUT2D eigenvalue weighted by Crippen LogP contribution is -2.13. The zero-order valence-corrected chi connectivity index (χ0v) is 17.7. The highest BCUT2D eigenvalue weighted by Crippen LogP contribution is 2.37. The minimum Gasteiger partial charge on any atom is -0.321 e. The van der Waals surface area contributed by atoms with E-state index in [1.165, 1.54) is 23.5 Å². The molecule has 150 valence electrons. The molecule has 8 nitrogen and oxygen atoms in total. The lowest BCUT2D eigenvalue weighted by molar-refractivity contribution is -0.387. The smallest absolute Gasteiger partial charge is 0.283 e. The number of nitriles is 1. The summed E-state index contributed by atoms with van der Waals surface area (Å²) in [6.07, 6.45) is 1.29. The third-order valence-electron chi connectivity index (χ3n) is 3.64. The van der Waals surface area contributed by atoms with E-state index in [1.807, 2.05) is 6.07 Å². The molecular formula is C19H12ClN5O3S2. The van der Waals surface area contributed by atoms with Gasteiger partial charge in [0, 0.05) is 16.8 Å². The van der Waals surface area contributed by atoms with E-state index in [0.717, 1.165) is 16.8 Å². The molecule has 0 bridgehead atoms. The van der Waals surface area contributed by atoms with E-state index >= 15 is 0 Å². The van der Waals surface area contributed by atoms with Crippen LogP contribution in [0, 0.1) is 28.4 Å². The fraction of sp³-hybridized carbons (Fsp3) is 0.0526. The van der Waals surface area contributed by atoms with Crippen molar-refractivity contribution in [3.63, 3.8) is 0 Å². The van der Waals surface area contributed by atoms with Crippen molar-refractivity contribution in [3.8, 4) is 6.07 Å². The summed E-state index contributed by atoms with van der Waals surface area (Å²) < 4.78 is 0.581. The van der Waals surface area contributed by atoms with Crippen LogP contribution in [0.15, 0.2) is 57.3 Å². The minimum atomic E-state index is -0.648. The van der Waals surface area contributed by atoms with E-state index < -0.39 is 10.8 Å². The number of hydrogen-bond acceptors (Lipinski definition) is 8. The third-order valence-corrected chi connectivity index (χ3v) is 5.83. The number of carbonyl (C=O) groups excluding carboxylic acids is 1. The first-order valence-electron chi connectivity index (χ1n) is 8.31. The molecule has 0 unspecified atom stereocenters. The second kappa shape index (κ2) is 9.49. The van der Waals surface area contributed by atoms with Crippen LogP contribution < -0.4 is 5.32 Å². The Morgan fingerprint density at radius 2 is 2.13 bits per heavy atom. The second-order valence-electron chi connectivity index (χ2n) is 5.81. The largest absolute Gasteiger partial charge is 0.321 e. The van der Waals surface area contributed by atoms with Gasteiger partial charge < -0.3 is 5.32 Å². The molecule has 0 saturated carbocycles.